The summed E-state index contributed by atoms with van der Waals surface area (Å²) in [6.07, 6.45) is 3.61. The summed E-state index contributed by atoms with van der Waals surface area (Å²) in [6, 6.07) is 153. The lowest BCUT2D eigenvalue weighted by molar-refractivity contribution is 0.668. The molecule has 0 aliphatic rings. The van der Waals surface area contributed by atoms with Crippen LogP contribution in [0.4, 0.5) is 0 Å². The minimum absolute atomic E-state index is 0.894. The second-order valence-corrected chi connectivity index (χ2v) is 33.3. The lowest BCUT2D eigenvalue weighted by Gasteiger charge is -2.04. The average molecular weight is 1680 g/mol. The molecule has 0 aliphatic heterocycles. The van der Waals surface area contributed by atoms with Gasteiger partial charge in [-0.25, -0.2) is 0 Å². The first-order valence-corrected chi connectivity index (χ1v) is 44.1. The van der Waals surface area contributed by atoms with Crippen molar-refractivity contribution in [3.63, 3.8) is 0 Å². The summed E-state index contributed by atoms with van der Waals surface area (Å²) in [5.41, 5.74) is 13.4. The molecule has 131 heavy (non-hydrogen) atoms. The lowest BCUT2D eigenvalue weighted by Crippen LogP contribution is -1.78. The molecule has 0 amide bonds. The predicted octanol–water partition coefficient (Wildman–Crippen LogP) is 36.0. The number of pyridine rings is 1. The second-order valence-electron chi connectivity index (χ2n) is 33.3. The van der Waals surface area contributed by atoms with Crippen molar-refractivity contribution in [1.82, 2.24) is 4.98 Å². The average Bonchev–Trinajstić information content (AvgIpc) is 1.60. The maximum atomic E-state index is 6.28. The van der Waals surface area contributed by atoms with E-state index in [4.69, 9.17) is 30.9 Å². The molecule has 0 saturated carbocycles. The van der Waals surface area contributed by atoms with Crippen LogP contribution < -0.4 is 0 Å². The van der Waals surface area contributed by atoms with Crippen molar-refractivity contribution in [2.75, 3.05) is 0 Å². The molecule has 0 radical (unpaired) electrons. The van der Waals surface area contributed by atoms with Crippen LogP contribution in [0.25, 0.3) is 261 Å². The molecule has 31 rings (SSSR count). The topological polar surface area (TPSA) is 105 Å². The highest BCUT2D eigenvalue weighted by molar-refractivity contribution is 6.25. The summed E-state index contributed by atoms with van der Waals surface area (Å²) in [4.78, 5) is 4.16. The number of hydrogen-bond donors (Lipinski definition) is 0. The molecule has 614 valence electrons. The molecule has 8 heteroatoms. The van der Waals surface area contributed by atoms with E-state index in [1.54, 1.807) is 6.20 Å². The van der Waals surface area contributed by atoms with Crippen molar-refractivity contribution in [3.05, 3.63) is 455 Å². The van der Waals surface area contributed by atoms with Crippen molar-refractivity contribution in [2.24, 2.45) is 0 Å². The fourth-order valence-corrected chi connectivity index (χ4v) is 19.4. The molecule has 31 aromatic rings. The van der Waals surface area contributed by atoms with Gasteiger partial charge in [-0.2, -0.15) is 0 Å². The number of rotatable bonds is 0. The third-order valence-electron chi connectivity index (χ3n) is 25.7. The molecule has 0 saturated heterocycles. The fourth-order valence-electron chi connectivity index (χ4n) is 19.4. The smallest absolute Gasteiger partial charge is 0.143 e. The Morgan fingerprint density at radius 3 is 0.832 bits per heavy atom. The molecule has 8 heterocycles. The van der Waals surface area contributed by atoms with Crippen LogP contribution in [0.1, 0.15) is 0 Å². The SMILES string of the molecule is c1ccc2c(c1)ccc1c3ccc4ccccc4c3oc21.c1ccc2c(c1)ccc1c3ccccc3oc21.c1ccc2c(c1)ccc1cc3c(cc12)oc1ccc2ccccc2c13.c1ccc2c(c1)ccc1cc3c(cc12)oc1ccccc13.c1ccc2c(c1)oc1ccccc12.c1ccc2cc3c(cc2c1)oc1ccccc13.c1ccc2cc3c(cc2c1)oc1ccncc13. The summed E-state index contributed by atoms with van der Waals surface area (Å²) in [6.45, 7) is 0. The largest absolute Gasteiger partial charge is 0.456 e. The Kier molecular flexibility index (Phi) is 18.4. The van der Waals surface area contributed by atoms with Gasteiger partial charge < -0.3 is 30.9 Å². The third-order valence-corrected chi connectivity index (χ3v) is 25.7. The molecule has 0 atom stereocenters. The van der Waals surface area contributed by atoms with Crippen molar-refractivity contribution in [3.8, 4) is 0 Å². The van der Waals surface area contributed by atoms with Crippen LogP contribution in [-0.2, 0) is 0 Å². The van der Waals surface area contributed by atoms with Gasteiger partial charge in [0, 0.05) is 104 Å². The molecule has 0 bridgehead atoms. The first kappa shape index (κ1) is 75.9. The Labute approximate surface area is 747 Å². The fraction of sp³-hybridized carbons (Fsp3) is 0. The van der Waals surface area contributed by atoms with Gasteiger partial charge in [-0.05, 0) is 201 Å². The van der Waals surface area contributed by atoms with Crippen LogP contribution in [0.15, 0.2) is 486 Å². The van der Waals surface area contributed by atoms with Crippen LogP contribution in [0, 0.1) is 0 Å². The first-order chi connectivity index (χ1) is 64.9. The van der Waals surface area contributed by atoms with Gasteiger partial charge >= 0.3 is 0 Å². The Morgan fingerprint density at radius 1 is 0.122 bits per heavy atom. The van der Waals surface area contributed by atoms with Crippen molar-refractivity contribution in [1.29, 1.82) is 0 Å². The van der Waals surface area contributed by atoms with E-state index < -0.39 is 0 Å². The quantitative estimate of drug-likeness (QED) is 0.138. The van der Waals surface area contributed by atoms with Gasteiger partial charge in [0.25, 0.3) is 0 Å². The molecule has 8 aromatic heterocycles. The Balaban J connectivity index is 0.0000000829. The summed E-state index contributed by atoms with van der Waals surface area (Å²) in [5, 5.41) is 41.2. The predicted molar refractivity (Wildman–Crippen MR) is 549 cm³/mol. The van der Waals surface area contributed by atoms with Crippen LogP contribution in [-0.4, -0.2) is 4.98 Å². The summed E-state index contributed by atoms with van der Waals surface area (Å²) in [5.74, 6) is 0. The van der Waals surface area contributed by atoms with E-state index in [-0.39, 0.29) is 0 Å². The van der Waals surface area contributed by atoms with E-state index in [0.29, 0.717) is 0 Å². The molecule has 8 nitrogen and oxygen atoms in total. The van der Waals surface area contributed by atoms with Gasteiger partial charge in [-0.15, -0.1) is 0 Å². The Morgan fingerprint density at radius 2 is 0.382 bits per heavy atom. The summed E-state index contributed by atoms with van der Waals surface area (Å²) >= 11 is 0. The van der Waals surface area contributed by atoms with E-state index >= 15 is 0 Å². The third kappa shape index (κ3) is 13.5. The van der Waals surface area contributed by atoms with Crippen molar-refractivity contribution in [2.45, 2.75) is 0 Å². The number of furan rings is 7. The molecule has 0 N–H and O–H groups in total. The Hall–Kier alpha value is -17.6. The highest BCUT2D eigenvalue weighted by Gasteiger charge is 2.18. The molecular weight excluding hydrogens is 1600 g/mol. The highest BCUT2D eigenvalue weighted by Crippen LogP contribution is 2.43. The van der Waals surface area contributed by atoms with E-state index in [1.807, 2.05) is 103 Å². The zero-order valence-corrected chi connectivity index (χ0v) is 70.6. The van der Waals surface area contributed by atoms with E-state index in [0.717, 1.165) is 88.9 Å². The number of para-hydroxylation sites is 5. The maximum Gasteiger partial charge on any atom is 0.143 e. The first-order valence-electron chi connectivity index (χ1n) is 44.1. The normalized spacial score (nSPS) is 11.7. The van der Waals surface area contributed by atoms with Crippen LogP contribution in [0.2, 0.25) is 0 Å². The molecule has 0 unspecified atom stereocenters. The van der Waals surface area contributed by atoms with Gasteiger partial charge in [0.15, 0.2) is 0 Å². The van der Waals surface area contributed by atoms with Crippen LogP contribution in [0.5, 0.6) is 0 Å². The summed E-state index contributed by atoms with van der Waals surface area (Å²) in [7, 11) is 0. The minimum atomic E-state index is 0.894. The molecule has 23 aromatic carbocycles. The van der Waals surface area contributed by atoms with Crippen LogP contribution >= 0.6 is 0 Å². The zero-order valence-electron chi connectivity index (χ0n) is 70.6. The van der Waals surface area contributed by atoms with E-state index in [2.05, 4.69) is 351 Å². The number of hydrogen-bond acceptors (Lipinski definition) is 8. The minimum Gasteiger partial charge on any atom is -0.456 e. The van der Waals surface area contributed by atoms with Gasteiger partial charge in [-0.3, -0.25) is 4.98 Å². The molecule has 0 spiro atoms. The molecule has 0 fully saturated rings. The molecule has 0 aliphatic carbocycles. The second kappa shape index (κ2) is 31.8. The number of nitrogens with zero attached hydrogens (tertiary/aromatic N) is 1. The van der Waals surface area contributed by atoms with E-state index in [1.165, 1.54) is 172 Å². The highest BCUT2D eigenvalue weighted by atomic mass is 16.4. The van der Waals surface area contributed by atoms with E-state index in [9.17, 15) is 0 Å². The maximum absolute atomic E-state index is 6.28. The van der Waals surface area contributed by atoms with Gasteiger partial charge in [-0.1, -0.05) is 334 Å². The molecular formula is C123H75NO7. The van der Waals surface area contributed by atoms with Crippen molar-refractivity contribution < 1.29 is 30.9 Å². The zero-order chi connectivity index (χ0) is 86.4. The van der Waals surface area contributed by atoms with Crippen molar-refractivity contribution >= 4 is 261 Å². The van der Waals surface area contributed by atoms with Gasteiger partial charge in [0.1, 0.15) is 78.2 Å². The monoisotopic (exact) mass is 1680 g/mol. The van der Waals surface area contributed by atoms with Crippen LogP contribution in [0.3, 0.4) is 0 Å². The summed E-state index contributed by atoms with van der Waals surface area (Å²) < 4.78 is 41.8. The van der Waals surface area contributed by atoms with Gasteiger partial charge in [0.05, 0.1) is 0 Å². The number of fused-ring (bicyclic) bond motifs is 37. The van der Waals surface area contributed by atoms with Gasteiger partial charge in [0.2, 0.25) is 0 Å². The number of benzene rings is 23. The Bertz CT molecular complexity index is 9600. The number of aromatic nitrogens is 1. The standard InChI is InChI=1S/C24H14O.2C20H12O.2C16H10O.C15H9NO.C12H8O/c1-3-7-18-15(5-1)9-10-17-13-21-23(14-20(17)18)25-22-12-11-16-6-2-4-8-19(16)24(21)22;1-3-7-15-13(5-1)9-11-17-18-12-10-14-6-2-4-8-16(14)20(18)21-19(15)17;1-2-6-15-13(5-1)9-10-14-11-18-16-7-3-4-8-19(16)21-20(18)12-17(14)15;1-2-6-12-10-16-14(9-11(12)5-1)13-7-3-4-8-15(13)17-16;1-2-6-12-11(5-1)9-10-14-13-7-3-4-8-15(13)17-16(12)14;1-2-4-11-8-15-12(7-10(11)3-1)13-9-16-6-5-14(13)17-15;1-3-7-11-9(5-1)10-6-2-4-8-12(10)13-11/h1-14H;2*1-12H;2*1-10H;1-9H;1-8H. The lowest BCUT2D eigenvalue weighted by atomic mass is 9.98.